The molecule has 0 aromatic heterocycles. The summed E-state index contributed by atoms with van der Waals surface area (Å²) in [6, 6.07) is 10.0. The van der Waals surface area contributed by atoms with Crippen LogP contribution in [0.1, 0.15) is 17.3 Å². The van der Waals surface area contributed by atoms with Gasteiger partial charge in [-0.3, -0.25) is 4.79 Å². The molecule has 0 heterocycles. The summed E-state index contributed by atoms with van der Waals surface area (Å²) in [7, 11) is -12.9. The molecule has 3 rings (SSSR count). The molecule has 290 valence electrons. The highest BCUT2D eigenvalue weighted by atomic mass is 32.3. The Morgan fingerprint density at radius 3 is 1.23 bits per heavy atom. The normalized spacial score (nSPS) is 16.3. The van der Waals surface area contributed by atoms with E-state index in [2.05, 4.69) is 3.63 Å². The summed E-state index contributed by atoms with van der Waals surface area (Å²) in [6.45, 7) is 0.982. The number of alkyl halides is 17. The second-order valence-electron chi connectivity index (χ2n) is 10.4. The van der Waals surface area contributed by atoms with Crippen molar-refractivity contribution in [2.45, 2.75) is 68.6 Å². The fourth-order valence-electron chi connectivity index (χ4n) is 4.13. The summed E-state index contributed by atoms with van der Waals surface area (Å²) in [4.78, 5) is 9.57. The van der Waals surface area contributed by atoms with Gasteiger partial charge >= 0.3 is 57.1 Å². The summed E-state index contributed by atoms with van der Waals surface area (Å²) in [5.74, 6) is -54.6. The first-order chi connectivity index (χ1) is 23.2. The van der Waals surface area contributed by atoms with Crippen LogP contribution in [0.2, 0.25) is 0 Å². The van der Waals surface area contributed by atoms with E-state index in [-0.39, 0.29) is 5.56 Å². The molecular formula is C28H16F18O4S2. The van der Waals surface area contributed by atoms with E-state index in [1.165, 1.54) is 0 Å². The Morgan fingerprint density at radius 1 is 0.500 bits per heavy atom. The highest BCUT2D eigenvalue weighted by Gasteiger charge is 2.96. The lowest BCUT2D eigenvalue weighted by molar-refractivity contribution is -0.458. The van der Waals surface area contributed by atoms with Crippen molar-refractivity contribution in [3.63, 3.8) is 0 Å². The molecule has 0 spiro atoms. The first-order valence-electron chi connectivity index (χ1n) is 13.1. The van der Waals surface area contributed by atoms with E-state index in [0.29, 0.717) is 24.3 Å². The first-order valence-corrected chi connectivity index (χ1v) is 16.1. The molecule has 1 unspecified atom stereocenters. The number of ketones is 1. The SMILES string of the molecule is CC(=O)c1ccc(S(OS(=O)(=O)C(F)(F)C(F)(F)C(F)(F)C(F)(F)C(F)(F)C(F)(F)C(F)(F)C(F)(F)F)(c2ccccc2)c2ccc(F)cc2)cc1. The third-order valence-electron chi connectivity index (χ3n) is 7.01. The molecule has 0 fully saturated rings. The van der Waals surface area contributed by atoms with Crippen LogP contribution in [0.25, 0.3) is 0 Å². The van der Waals surface area contributed by atoms with Crippen molar-refractivity contribution in [2.75, 3.05) is 0 Å². The number of hydrogen-bond donors (Lipinski definition) is 0. The van der Waals surface area contributed by atoms with Gasteiger partial charge < -0.3 is 0 Å². The standard InChI is InChI=1S/C28H16F18O4S2/c1-15(47)16-7-11-19(12-8-16)51(18-5-3-2-4-6-18,20-13-9-17(29)10-14-20)50-52(48,49)28(45,46)26(40,41)24(36,37)22(32,33)21(30,31)23(34,35)25(38,39)27(42,43)44/h2-14H,1H3. The van der Waals surface area contributed by atoms with E-state index in [4.69, 9.17) is 0 Å². The molecule has 24 heteroatoms. The van der Waals surface area contributed by atoms with E-state index >= 15 is 8.78 Å². The van der Waals surface area contributed by atoms with Gasteiger partial charge in [0, 0.05) is 20.2 Å². The molecule has 0 bridgehead atoms. The number of rotatable bonds is 13. The maximum Gasteiger partial charge on any atom is 0.460 e. The lowest BCUT2D eigenvalue weighted by Crippen LogP contribution is -2.75. The molecule has 0 aliphatic carbocycles. The number of hydrogen-bond acceptors (Lipinski definition) is 4. The number of benzene rings is 3. The van der Waals surface area contributed by atoms with Gasteiger partial charge in [0.2, 0.25) is 0 Å². The molecule has 0 saturated heterocycles. The van der Waals surface area contributed by atoms with E-state index in [1.54, 1.807) is 0 Å². The molecule has 4 nitrogen and oxygen atoms in total. The lowest BCUT2D eigenvalue weighted by atomic mass is 9.91. The monoisotopic (exact) mass is 822 g/mol. The Bertz CT molecular complexity index is 1880. The second-order valence-corrected chi connectivity index (χ2v) is 14.9. The van der Waals surface area contributed by atoms with Crippen LogP contribution in [-0.2, 0) is 13.7 Å². The van der Waals surface area contributed by atoms with Gasteiger partial charge in [-0.15, -0.1) is 0 Å². The fourth-order valence-corrected chi connectivity index (χ4v) is 9.33. The van der Waals surface area contributed by atoms with Crippen LogP contribution >= 0.6 is 10.3 Å². The van der Waals surface area contributed by atoms with Gasteiger partial charge in [0.25, 0.3) is 0 Å². The zero-order chi connectivity index (χ0) is 40.4. The minimum atomic E-state index is -9.04. The Hall–Kier alpha value is -3.67. The zero-order valence-corrected chi connectivity index (χ0v) is 26.4. The average Bonchev–Trinajstić information content (AvgIpc) is 3.03. The van der Waals surface area contributed by atoms with Gasteiger partial charge in [-0.1, -0.05) is 30.3 Å². The van der Waals surface area contributed by atoms with Crippen LogP contribution in [0, 0.1) is 5.82 Å². The van der Waals surface area contributed by atoms with Crippen LogP contribution in [-0.4, -0.2) is 61.2 Å². The summed E-state index contributed by atoms with van der Waals surface area (Å²) >= 11 is 0. The van der Waals surface area contributed by atoms with Crippen molar-refractivity contribution < 1.29 is 95.9 Å². The van der Waals surface area contributed by atoms with E-state index < -0.39 is 93.7 Å². The highest BCUT2D eigenvalue weighted by molar-refractivity contribution is 8.33. The summed E-state index contributed by atoms with van der Waals surface area (Å²) in [6.07, 6.45) is -7.97. The minimum Gasteiger partial charge on any atom is -0.295 e. The van der Waals surface area contributed by atoms with Crippen molar-refractivity contribution >= 4 is 26.2 Å². The predicted molar refractivity (Wildman–Crippen MR) is 142 cm³/mol. The van der Waals surface area contributed by atoms with E-state index in [0.717, 1.165) is 61.5 Å². The van der Waals surface area contributed by atoms with Gasteiger partial charge in [0.15, 0.2) is 5.78 Å². The Morgan fingerprint density at radius 2 is 0.846 bits per heavy atom. The van der Waals surface area contributed by atoms with Gasteiger partial charge in [-0.05, 0) is 65.8 Å². The van der Waals surface area contributed by atoms with Crippen molar-refractivity contribution in [2.24, 2.45) is 0 Å². The Kier molecular flexibility index (Phi) is 10.7. The Labute approximate surface area is 281 Å². The summed E-state index contributed by atoms with van der Waals surface area (Å²) in [5, 5.41) is -7.99. The second kappa shape index (κ2) is 13.0. The van der Waals surface area contributed by atoms with Crippen LogP contribution in [0.15, 0.2) is 93.5 Å². The zero-order valence-electron chi connectivity index (χ0n) is 24.8. The third-order valence-corrected chi connectivity index (χ3v) is 12.2. The molecule has 1 atom stereocenters. The minimum absolute atomic E-state index is 0.209. The molecule has 0 saturated carbocycles. The van der Waals surface area contributed by atoms with Crippen LogP contribution in [0.3, 0.4) is 0 Å². The van der Waals surface area contributed by atoms with Crippen molar-refractivity contribution in [3.8, 4) is 0 Å². The number of carbonyl (C=O) groups is 1. The van der Waals surface area contributed by atoms with Gasteiger partial charge in [-0.25, -0.2) is 8.02 Å². The number of carbonyl (C=O) groups excluding carboxylic acids is 1. The lowest BCUT2D eigenvalue weighted by Gasteiger charge is -2.43. The molecule has 52 heavy (non-hydrogen) atoms. The van der Waals surface area contributed by atoms with Crippen LogP contribution in [0.4, 0.5) is 79.0 Å². The quantitative estimate of drug-likeness (QED) is 0.127. The molecule has 0 N–H and O–H groups in total. The van der Waals surface area contributed by atoms with E-state index in [1.807, 2.05) is 0 Å². The van der Waals surface area contributed by atoms with E-state index in [9.17, 15) is 83.5 Å². The van der Waals surface area contributed by atoms with Crippen LogP contribution in [0.5, 0.6) is 0 Å². The topological polar surface area (TPSA) is 60.4 Å². The number of Topliss-reactive ketones (excluding diaryl/α,β-unsaturated/α-hetero) is 1. The average molecular weight is 823 g/mol. The van der Waals surface area contributed by atoms with Crippen molar-refractivity contribution in [3.05, 3.63) is 90.2 Å². The molecule has 0 aliphatic heterocycles. The first kappa shape index (κ1) is 42.7. The molecule has 0 aliphatic rings. The van der Waals surface area contributed by atoms with Crippen LogP contribution < -0.4 is 0 Å². The summed E-state index contributed by atoms with van der Waals surface area (Å²) < 4.78 is 281. The van der Waals surface area contributed by atoms with Gasteiger partial charge in [-0.2, -0.15) is 83.1 Å². The predicted octanol–water partition coefficient (Wildman–Crippen LogP) is 10.5. The number of halogens is 18. The molecule has 0 amide bonds. The third kappa shape index (κ3) is 6.16. The fraction of sp³-hybridized carbons (Fsp3) is 0.321. The molecular weight excluding hydrogens is 806 g/mol. The molecule has 0 radical (unpaired) electrons. The summed E-state index contributed by atoms with van der Waals surface area (Å²) in [5.41, 5.74) is -0.209. The smallest absolute Gasteiger partial charge is 0.295 e. The maximum absolute atomic E-state index is 15.3. The molecule has 3 aromatic rings. The molecule has 3 aromatic carbocycles. The Balaban J connectivity index is 2.35. The van der Waals surface area contributed by atoms with Crippen molar-refractivity contribution in [1.82, 2.24) is 0 Å². The van der Waals surface area contributed by atoms with Gasteiger partial charge in [0.05, 0.1) is 0 Å². The largest absolute Gasteiger partial charge is 0.460 e. The maximum atomic E-state index is 15.3. The van der Waals surface area contributed by atoms with Gasteiger partial charge in [0.1, 0.15) is 5.82 Å². The van der Waals surface area contributed by atoms with Crippen molar-refractivity contribution in [1.29, 1.82) is 0 Å². The highest BCUT2D eigenvalue weighted by Crippen LogP contribution is 2.72.